The highest BCUT2D eigenvalue weighted by Gasteiger charge is 2.27. The van der Waals surface area contributed by atoms with Crippen LogP contribution in [0.2, 0.25) is 0 Å². The number of aromatic nitrogens is 2. The predicted molar refractivity (Wildman–Crippen MR) is 120 cm³/mol. The number of benzene rings is 1. The number of hydrogen-bond donors (Lipinski definition) is 1. The molecule has 1 aromatic carbocycles. The van der Waals surface area contributed by atoms with Crippen molar-refractivity contribution in [1.29, 1.82) is 0 Å². The fourth-order valence-corrected chi connectivity index (χ4v) is 4.71. The molecule has 1 aliphatic rings. The summed E-state index contributed by atoms with van der Waals surface area (Å²) in [5, 5.41) is 2.29. The number of hydrogen-bond acceptors (Lipinski definition) is 5. The van der Waals surface area contributed by atoms with E-state index >= 15 is 0 Å². The smallest absolute Gasteiger partial charge is 0.153 e. The van der Waals surface area contributed by atoms with Crippen molar-refractivity contribution in [3.63, 3.8) is 0 Å². The molecular formula is C25H28N4O. The molecule has 0 bridgehead atoms. The van der Waals surface area contributed by atoms with E-state index in [1.165, 1.54) is 17.7 Å². The van der Waals surface area contributed by atoms with E-state index in [0.717, 1.165) is 72.9 Å². The highest BCUT2D eigenvalue weighted by atomic mass is 16.3. The number of furan rings is 1. The second-order valence-electron chi connectivity index (χ2n) is 8.19. The molecule has 154 valence electrons. The van der Waals surface area contributed by atoms with Crippen LogP contribution in [0.3, 0.4) is 0 Å². The molecule has 1 aliphatic carbocycles. The number of fused-ring (bicyclic) bond motifs is 4. The highest BCUT2D eigenvalue weighted by Crippen LogP contribution is 2.34. The molecule has 1 atom stereocenters. The number of aryl methyl sites for hydroxylation is 1. The summed E-state index contributed by atoms with van der Waals surface area (Å²) < 4.78 is 5.95. The fraction of sp³-hybridized carbons (Fsp3) is 0.360. The molecule has 0 amide bonds. The van der Waals surface area contributed by atoms with Gasteiger partial charge in [-0.15, -0.1) is 0 Å². The van der Waals surface area contributed by atoms with Gasteiger partial charge in [0.1, 0.15) is 5.58 Å². The SMILES string of the molecule is NCCCCN(Cc1cc2c(cn1)oc1ccccc12)[C@H]1CCCc2cccnc21. The largest absolute Gasteiger partial charge is 0.454 e. The van der Waals surface area contributed by atoms with Crippen molar-refractivity contribution >= 4 is 21.9 Å². The van der Waals surface area contributed by atoms with E-state index in [1.54, 1.807) is 0 Å². The van der Waals surface area contributed by atoms with E-state index in [-0.39, 0.29) is 0 Å². The van der Waals surface area contributed by atoms with Gasteiger partial charge in [-0.25, -0.2) is 0 Å². The van der Waals surface area contributed by atoms with E-state index in [4.69, 9.17) is 20.1 Å². The van der Waals surface area contributed by atoms with Gasteiger partial charge in [0, 0.05) is 23.5 Å². The first-order valence-electron chi connectivity index (χ1n) is 11.0. The molecule has 0 radical (unpaired) electrons. The molecule has 5 rings (SSSR count). The van der Waals surface area contributed by atoms with Gasteiger partial charge in [0.05, 0.1) is 23.6 Å². The Bertz CT molecular complexity index is 1150. The van der Waals surface area contributed by atoms with Crippen LogP contribution in [0.15, 0.2) is 59.3 Å². The average molecular weight is 401 g/mol. The van der Waals surface area contributed by atoms with E-state index < -0.39 is 0 Å². The zero-order valence-electron chi connectivity index (χ0n) is 17.3. The van der Waals surface area contributed by atoms with Crippen LogP contribution >= 0.6 is 0 Å². The number of nitrogens with zero attached hydrogens (tertiary/aromatic N) is 3. The van der Waals surface area contributed by atoms with Gasteiger partial charge < -0.3 is 10.2 Å². The third-order valence-corrected chi connectivity index (χ3v) is 6.19. The number of pyridine rings is 2. The molecule has 2 N–H and O–H groups in total. The summed E-state index contributed by atoms with van der Waals surface area (Å²) >= 11 is 0. The molecule has 3 aromatic heterocycles. The maximum Gasteiger partial charge on any atom is 0.153 e. The molecule has 0 aliphatic heterocycles. The van der Waals surface area contributed by atoms with Gasteiger partial charge in [0.2, 0.25) is 0 Å². The van der Waals surface area contributed by atoms with Crippen LogP contribution in [-0.4, -0.2) is 28.0 Å². The van der Waals surface area contributed by atoms with Gasteiger partial charge in [0.25, 0.3) is 0 Å². The van der Waals surface area contributed by atoms with Crippen LogP contribution < -0.4 is 5.73 Å². The van der Waals surface area contributed by atoms with Crippen LogP contribution in [0.1, 0.15) is 48.7 Å². The third-order valence-electron chi connectivity index (χ3n) is 6.19. The van der Waals surface area contributed by atoms with Crippen LogP contribution in [-0.2, 0) is 13.0 Å². The Morgan fingerprint density at radius 2 is 1.97 bits per heavy atom. The quantitative estimate of drug-likeness (QED) is 0.442. The summed E-state index contributed by atoms with van der Waals surface area (Å²) in [6.45, 7) is 2.54. The lowest BCUT2D eigenvalue weighted by Gasteiger charge is -2.35. The maximum atomic E-state index is 5.95. The Hall–Kier alpha value is -2.76. The summed E-state index contributed by atoms with van der Waals surface area (Å²) in [5.74, 6) is 0. The molecule has 5 nitrogen and oxygen atoms in total. The summed E-state index contributed by atoms with van der Waals surface area (Å²) in [6.07, 6.45) is 9.40. The lowest BCUT2D eigenvalue weighted by molar-refractivity contribution is 0.161. The minimum atomic E-state index is 0.339. The van der Waals surface area contributed by atoms with Crippen molar-refractivity contribution in [2.45, 2.75) is 44.7 Å². The zero-order valence-corrected chi connectivity index (χ0v) is 17.3. The first-order valence-corrected chi connectivity index (χ1v) is 11.0. The third kappa shape index (κ3) is 3.71. The van der Waals surface area contributed by atoms with Crippen molar-refractivity contribution in [3.8, 4) is 0 Å². The van der Waals surface area contributed by atoms with Crippen molar-refractivity contribution in [3.05, 3.63) is 71.8 Å². The number of nitrogens with two attached hydrogens (primary N) is 1. The van der Waals surface area contributed by atoms with Gasteiger partial charge in [-0.2, -0.15) is 0 Å². The summed E-state index contributed by atoms with van der Waals surface area (Å²) in [4.78, 5) is 12.1. The van der Waals surface area contributed by atoms with Crippen LogP contribution in [0.5, 0.6) is 0 Å². The molecule has 3 heterocycles. The molecule has 30 heavy (non-hydrogen) atoms. The van der Waals surface area contributed by atoms with Crippen LogP contribution in [0.25, 0.3) is 21.9 Å². The molecule has 0 spiro atoms. The number of rotatable bonds is 7. The van der Waals surface area contributed by atoms with Crippen molar-refractivity contribution in [2.75, 3.05) is 13.1 Å². The van der Waals surface area contributed by atoms with Gasteiger partial charge in [0.15, 0.2) is 5.58 Å². The molecule has 4 aromatic rings. The Morgan fingerprint density at radius 1 is 1.03 bits per heavy atom. The normalized spacial score (nSPS) is 16.4. The van der Waals surface area contributed by atoms with Gasteiger partial charge in [-0.05, 0) is 69.0 Å². The lowest BCUT2D eigenvalue weighted by atomic mass is 9.90. The topological polar surface area (TPSA) is 68.2 Å². The number of unbranched alkanes of at least 4 members (excludes halogenated alkanes) is 1. The minimum absolute atomic E-state index is 0.339. The Labute approximate surface area is 176 Å². The van der Waals surface area contributed by atoms with Gasteiger partial charge in [-0.1, -0.05) is 24.3 Å². The van der Waals surface area contributed by atoms with Crippen LogP contribution in [0, 0.1) is 0 Å². The Balaban J connectivity index is 1.47. The molecule has 0 saturated heterocycles. The summed E-state index contributed by atoms with van der Waals surface area (Å²) in [7, 11) is 0. The maximum absolute atomic E-state index is 5.95. The van der Waals surface area contributed by atoms with Crippen LogP contribution in [0.4, 0.5) is 0 Å². The average Bonchev–Trinajstić information content (AvgIpc) is 3.16. The van der Waals surface area contributed by atoms with Crippen molar-refractivity contribution in [1.82, 2.24) is 14.9 Å². The first-order chi connectivity index (χ1) is 14.8. The van der Waals surface area contributed by atoms with E-state index in [2.05, 4.69) is 35.2 Å². The molecular weight excluding hydrogens is 372 g/mol. The highest BCUT2D eigenvalue weighted by molar-refractivity contribution is 6.04. The minimum Gasteiger partial charge on any atom is -0.454 e. The van der Waals surface area contributed by atoms with E-state index in [0.29, 0.717) is 6.04 Å². The molecule has 0 fully saturated rings. The summed E-state index contributed by atoms with van der Waals surface area (Å²) in [6, 6.07) is 15.0. The number of para-hydroxylation sites is 1. The standard InChI is InChI=1S/C25H28N4O/c26-12-3-4-14-29(22-10-5-7-18-8-6-13-27-25(18)22)17-19-15-21-20-9-1-2-11-23(20)30-24(21)16-28-19/h1-2,6,8-9,11,13,15-16,22H,3-5,7,10,12,14,17,26H2/t22-/m0/s1. The van der Waals surface area contributed by atoms with E-state index in [1.807, 2.05) is 24.5 Å². The predicted octanol–water partition coefficient (Wildman–Crippen LogP) is 4.99. The molecule has 0 unspecified atom stereocenters. The van der Waals surface area contributed by atoms with Crippen molar-refractivity contribution in [2.24, 2.45) is 5.73 Å². The second-order valence-corrected chi connectivity index (χ2v) is 8.19. The molecule has 0 saturated carbocycles. The lowest BCUT2D eigenvalue weighted by Crippen LogP contribution is -2.33. The monoisotopic (exact) mass is 400 g/mol. The Morgan fingerprint density at radius 3 is 2.90 bits per heavy atom. The fourth-order valence-electron chi connectivity index (χ4n) is 4.71. The van der Waals surface area contributed by atoms with Gasteiger partial charge >= 0.3 is 0 Å². The van der Waals surface area contributed by atoms with Crippen molar-refractivity contribution < 1.29 is 4.42 Å². The first kappa shape index (κ1) is 19.2. The Kier molecular flexibility index (Phi) is 5.47. The van der Waals surface area contributed by atoms with E-state index in [9.17, 15) is 0 Å². The second kappa shape index (κ2) is 8.54. The zero-order chi connectivity index (χ0) is 20.3. The summed E-state index contributed by atoms with van der Waals surface area (Å²) in [5.41, 5.74) is 11.2. The van der Waals surface area contributed by atoms with Gasteiger partial charge in [-0.3, -0.25) is 14.9 Å². The molecule has 5 heteroatoms.